The van der Waals surface area contributed by atoms with Gasteiger partial charge in [0.1, 0.15) is 0 Å². The van der Waals surface area contributed by atoms with Crippen LogP contribution in [0.5, 0.6) is 0 Å². The van der Waals surface area contributed by atoms with Gasteiger partial charge in [-0.15, -0.1) is 0 Å². The standard InChI is InChI=1S/C26H33N3O3/c1-17(2)16-19-4-6-20(7-5-19)24(30)21-12-14-29(15-13-21)18(3)26(32)28-23-10-8-22(9-11-23)25(27)31/h4-11,17-18,21H,12-16H2,1-3H3,(H2,27,31)(H,28,32). The molecule has 3 N–H and O–H groups in total. The first kappa shape index (κ1) is 23.7. The minimum Gasteiger partial charge on any atom is -0.366 e. The highest BCUT2D eigenvalue weighted by atomic mass is 16.2. The molecule has 1 heterocycles. The van der Waals surface area contributed by atoms with Crippen LogP contribution in [0.3, 0.4) is 0 Å². The Hall–Kier alpha value is -2.99. The number of ketones is 1. The lowest BCUT2D eigenvalue weighted by molar-refractivity contribution is -0.121. The number of primary amides is 1. The minimum absolute atomic E-state index is 0.00111. The Balaban J connectivity index is 1.51. The molecule has 1 aliphatic heterocycles. The molecule has 1 aliphatic rings. The summed E-state index contributed by atoms with van der Waals surface area (Å²) in [5.74, 6) is 0.184. The van der Waals surface area contributed by atoms with Gasteiger partial charge in [-0.2, -0.15) is 0 Å². The Morgan fingerprint density at radius 3 is 2.03 bits per heavy atom. The van der Waals surface area contributed by atoms with E-state index in [0.717, 1.165) is 24.8 Å². The molecule has 2 aromatic carbocycles. The Kier molecular flexibility index (Phi) is 7.80. The Bertz CT molecular complexity index is 943. The molecule has 0 spiro atoms. The van der Waals surface area contributed by atoms with Gasteiger partial charge < -0.3 is 11.1 Å². The van der Waals surface area contributed by atoms with Crippen LogP contribution in [0.2, 0.25) is 0 Å². The fourth-order valence-electron chi connectivity index (χ4n) is 4.19. The van der Waals surface area contributed by atoms with Gasteiger partial charge in [0.2, 0.25) is 11.8 Å². The smallest absolute Gasteiger partial charge is 0.248 e. The summed E-state index contributed by atoms with van der Waals surface area (Å²) >= 11 is 0. The SMILES string of the molecule is CC(C)Cc1ccc(C(=O)C2CCN(C(C)C(=O)Nc3ccc(C(N)=O)cc3)CC2)cc1. The van der Waals surface area contributed by atoms with E-state index in [1.807, 2.05) is 19.1 Å². The first-order valence-corrected chi connectivity index (χ1v) is 11.3. The Morgan fingerprint density at radius 2 is 1.50 bits per heavy atom. The second-order valence-electron chi connectivity index (χ2n) is 9.08. The first-order valence-electron chi connectivity index (χ1n) is 11.3. The summed E-state index contributed by atoms with van der Waals surface area (Å²) in [6, 6.07) is 14.2. The number of nitrogens with two attached hydrogens (primary N) is 1. The topological polar surface area (TPSA) is 92.5 Å². The summed E-state index contributed by atoms with van der Waals surface area (Å²) in [4.78, 5) is 38.9. The monoisotopic (exact) mass is 435 g/mol. The van der Waals surface area contributed by atoms with Crippen molar-refractivity contribution in [3.05, 3.63) is 65.2 Å². The van der Waals surface area contributed by atoms with Gasteiger partial charge >= 0.3 is 0 Å². The summed E-state index contributed by atoms with van der Waals surface area (Å²) in [6.07, 6.45) is 2.51. The third-order valence-electron chi connectivity index (χ3n) is 6.15. The van der Waals surface area contributed by atoms with Crippen LogP contribution in [-0.4, -0.2) is 41.6 Å². The number of piperidine rings is 1. The van der Waals surface area contributed by atoms with E-state index in [1.165, 1.54) is 5.56 Å². The number of carbonyl (C=O) groups is 3. The van der Waals surface area contributed by atoms with Crippen LogP contribution in [0.15, 0.2) is 48.5 Å². The molecule has 6 heteroatoms. The highest BCUT2D eigenvalue weighted by Crippen LogP contribution is 2.24. The number of benzene rings is 2. The maximum Gasteiger partial charge on any atom is 0.248 e. The zero-order valence-electron chi connectivity index (χ0n) is 19.1. The van der Waals surface area contributed by atoms with E-state index >= 15 is 0 Å². The molecule has 0 aromatic heterocycles. The van der Waals surface area contributed by atoms with Crippen LogP contribution in [0.1, 0.15) is 59.9 Å². The lowest BCUT2D eigenvalue weighted by atomic mass is 9.88. The molecule has 3 rings (SSSR count). The van der Waals surface area contributed by atoms with E-state index in [4.69, 9.17) is 5.73 Å². The average molecular weight is 436 g/mol. The van der Waals surface area contributed by atoms with Crippen molar-refractivity contribution in [1.82, 2.24) is 4.90 Å². The Morgan fingerprint density at radius 1 is 0.938 bits per heavy atom. The number of nitrogens with one attached hydrogen (secondary N) is 1. The fraction of sp³-hybridized carbons (Fsp3) is 0.423. The van der Waals surface area contributed by atoms with Gasteiger partial charge in [0.25, 0.3) is 0 Å². The van der Waals surface area contributed by atoms with Gasteiger partial charge in [-0.25, -0.2) is 0 Å². The van der Waals surface area contributed by atoms with Crippen molar-refractivity contribution < 1.29 is 14.4 Å². The van der Waals surface area contributed by atoms with E-state index < -0.39 is 5.91 Å². The molecule has 1 atom stereocenters. The van der Waals surface area contributed by atoms with Crippen LogP contribution in [0.25, 0.3) is 0 Å². The van der Waals surface area contributed by atoms with Crippen LogP contribution in [-0.2, 0) is 11.2 Å². The number of Topliss-reactive ketones (excluding diaryl/α,β-unsaturated/α-hetero) is 1. The summed E-state index contributed by atoms with van der Waals surface area (Å²) in [6.45, 7) is 7.66. The third kappa shape index (κ3) is 6.04. The molecule has 170 valence electrons. The van der Waals surface area contributed by atoms with E-state index in [9.17, 15) is 14.4 Å². The molecule has 1 saturated heterocycles. The lowest BCUT2D eigenvalue weighted by Crippen LogP contribution is -2.47. The lowest BCUT2D eigenvalue weighted by Gasteiger charge is -2.34. The van der Waals surface area contributed by atoms with Crippen molar-refractivity contribution in [3.63, 3.8) is 0 Å². The largest absolute Gasteiger partial charge is 0.366 e. The molecule has 0 aliphatic carbocycles. The third-order valence-corrected chi connectivity index (χ3v) is 6.15. The first-order chi connectivity index (χ1) is 15.2. The van der Waals surface area contributed by atoms with Crippen LogP contribution in [0, 0.1) is 11.8 Å². The fourth-order valence-corrected chi connectivity index (χ4v) is 4.19. The van der Waals surface area contributed by atoms with Crippen molar-refractivity contribution in [3.8, 4) is 0 Å². The van der Waals surface area contributed by atoms with E-state index in [0.29, 0.717) is 30.3 Å². The molecule has 0 radical (unpaired) electrons. The number of carbonyl (C=O) groups excluding carboxylic acids is 3. The number of amides is 2. The molecular weight excluding hydrogens is 402 g/mol. The highest BCUT2D eigenvalue weighted by Gasteiger charge is 2.30. The van der Waals surface area contributed by atoms with Crippen molar-refractivity contribution >= 4 is 23.3 Å². The molecule has 2 aromatic rings. The average Bonchev–Trinajstić information content (AvgIpc) is 2.78. The summed E-state index contributed by atoms with van der Waals surface area (Å²) in [7, 11) is 0. The number of rotatable bonds is 8. The van der Waals surface area contributed by atoms with E-state index in [-0.39, 0.29) is 23.7 Å². The van der Waals surface area contributed by atoms with Crippen molar-refractivity contribution in [2.45, 2.75) is 46.1 Å². The van der Waals surface area contributed by atoms with E-state index in [1.54, 1.807) is 24.3 Å². The van der Waals surface area contributed by atoms with Gasteiger partial charge in [-0.3, -0.25) is 19.3 Å². The van der Waals surface area contributed by atoms with Gasteiger partial charge in [0, 0.05) is 22.7 Å². The minimum atomic E-state index is -0.500. The van der Waals surface area contributed by atoms with Crippen LogP contribution >= 0.6 is 0 Å². The molecule has 0 bridgehead atoms. The molecule has 0 saturated carbocycles. The zero-order valence-corrected chi connectivity index (χ0v) is 19.1. The normalized spacial score (nSPS) is 16.0. The predicted molar refractivity (Wildman–Crippen MR) is 127 cm³/mol. The number of likely N-dealkylation sites (tertiary alicyclic amines) is 1. The van der Waals surface area contributed by atoms with Crippen molar-refractivity contribution in [2.24, 2.45) is 17.6 Å². The number of anilines is 1. The van der Waals surface area contributed by atoms with Crippen LogP contribution in [0.4, 0.5) is 5.69 Å². The highest BCUT2D eigenvalue weighted by molar-refractivity contribution is 5.98. The molecule has 2 amide bonds. The van der Waals surface area contributed by atoms with Gasteiger partial charge in [-0.05, 0) is 75.0 Å². The maximum absolute atomic E-state index is 12.9. The van der Waals surface area contributed by atoms with Gasteiger partial charge in [0.05, 0.1) is 6.04 Å². The summed E-state index contributed by atoms with van der Waals surface area (Å²) < 4.78 is 0. The van der Waals surface area contributed by atoms with Gasteiger partial charge in [-0.1, -0.05) is 38.1 Å². The molecular formula is C26H33N3O3. The molecule has 1 fully saturated rings. The van der Waals surface area contributed by atoms with Crippen molar-refractivity contribution in [1.29, 1.82) is 0 Å². The quantitative estimate of drug-likeness (QED) is 0.615. The maximum atomic E-state index is 12.9. The number of nitrogens with zero attached hydrogens (tertiary/aromatic N) is 1. The van der Waals surface area contributed by atoms with E-state index in [2.05, 4.69) is 36.2 Å². The van der Waals surface area contributed by atoms with Gasteiger partial charge in [0.15, 0.2) is 5.78 Å². The predicted octanol–water partition coefficient (Wildman–Crippen LogP) is 3.91. The number of hydrogen-bond donors (Lipinski definition) is 2. The number of hydrogen-bond acceptors (Lipinski definition) is 4. The summed E-state index contributed by atoms with van der Waals surface area (Å²) in [5, 5.41) is 2.88. The summed E-state index contributed by atoms with van der Waals surface area (Å²) in [5.41, 5.74) is 8.31. The van der Waals surface area contributed by atoms with Crippen molar-refractivity contribution in [2.75, 3.05) is 18.4 Å². The second kappa shape index (κ2) is 10.6. The molecule has 6 nitrogen and oxygen atoms in total. The Labute approximate surface area is 190 Å². The molecule has 32 heavy (non-hydrogen) atoms. The molecule has 1 unspecified atom stereocenters. The van der Waals surface area contributed by atoms with Crippen LogP contribution < -0.4 is 11.1 Å². The second-order valence-corrected chi connectivity index (χ2v) is 9.08. The zero-order chi connectivity index (χ0) is 23.3.